The predicted octanol–water partition coefficient (Wildman–Crippen LogP) is 2.51. The molecule has 0 saturated carbocycles. The van der Waals surface area contributed by atoms with Gasteiger partial charge in [-0.05, 0) is 38.6 Å². The van der Waals surface area contributed by atoms with Gasteiger partial charge in [-0.3, -0.25) is 9.69 Å². The number of hydrogen-bond donors (Lipinski definition) is 1. The van der Waals surface area contributed by atoms with Gasteiger partial charge in [-0.25, -0.2) is 4.98 Å². The van der Waals surface area contributed by atoms with Gasteiger partial charge in [-0.15, -0.1) is 0 Å². The molecule has 5 nitrogen and oxygen atoms in total. The first-order chi connectivity index (χ1) is 8.88. The van der Waals surface area contributed by atoms with Crippen molar-refractivity contribution in [2.24, 2.45) is 0 Å². The molecule has 1 heterocycles. The number of rotatable bonds is 5. The van der Waals surface area contributed by atoms with E-state index in [0.717, 1.165) is 16.7 Å². The van der Waals surface area contributed by atoms with Crippen LogP contribution in [0.1, 0.15) is 25.8 Å². The van der Waals surface area contributed by atoms with Crippen molar-refractivity contribution in [1.82, 2.24) is 9.88 Å². The molecule has 0 amide bonds. The van der Waals surface area contributed by atoms with Crippen molar-refractivity contribution >= 4 is 17.1 Å². The normalized spacial score (nSPS) is 12.2. The largest absolute Gasteiger partial charge is 0.481 e. The zero-order valence-corrected chi connectivity index (χ0v) is 11.4. The molecule has 0 aliphatic rings. The quantitative estimate of drug-likeness (QED) is 0.896. The predicted molar refractivity (Wildman–Crippen MR) is 71.8 cm³/mol. The van der Waals surface area contributed by atoms with Crippen LogP contribution in [-0.2, 0) is 11.3 Å². The Morgan fingerprint density at radius 1 is 1.47 bits per heavy atom. The average Bonchev–Trinajstić information content (AvgIpc) is 2.74. The smallest absolute Gasteiger partial charge is 0.305 e. The summed E-state index contributed by atoms with van der Waals surface area (Å²) in [6, 6.07) is 5.83. The lowest BCUT2D eigenvalue weighted by molar-refractivity contribution is -0.139. The lowest BCUT2D eigenvalue weighted by Gasteiger charge is -2.34. The number of carboxylic acids is 1. The topological polar surface area (TPSA) is 66.6 Å². The van der Waals surface area contributed by atoms with Gasteiger partial charge in [0.2, 0.25) is 0 Å². The molecule has 102 valence electrons. The standard InChI is InChI=1S/C14H18N2O3/c1-14(2,7-13(17)18)16(3)8-10-4-5-11-12(6-10)19-9-15-11/h4-6,9H,7-8H2,1-3H3,(H,17,18). The molecular formula is C14H18N2O3. The van der Waals surface area contributed by atoms with Crippen LogP contribution in [0, 0.1) is 0 Å². The highest BCUT2D eigenvalue weighted by Crippen LogP contribution is 2.21. The summed E-state index contributed by atoms with van der Waals surface area (Å²) >= 11 is 0. The van der Waals surface area contributed by atoms with Gasteiger partial charge in [0.15, 0.2) is 12.0 Å². The molecule has 0 fully saturated rings. The van der Waals surface area contributed by atoms with Crippen molar-refractivity contribution in [3.05, 3.63) is 30.2 Å². The minimum absolute atomic E-state index is 0.105. The Kier molecular flexibility index (Phi) is 3.57. The molecule has 1 N–H and O–H groups in total. The lowest BCUT2D eigenvalue weighted by Crippen LogP contribution is -2.42. The Balaban J connectivity index is 2.13. The van der Waals surface area contributed by atoms with Crippen LogP contribution in [0.15, 0.2) is 29.0 Å². The first-order valence-electron chi connectivity index (χ1n) is 6.14. The number of hydrogen-bond acceptors (Lipinski definition) is 4. The summed E-state index contributed by atoms with van der Waals surface area (Å²) in [6.45, 7) is 4.51. The Morgan fingerprint density at radius 3 is 2.89 bits per heavy atom. The van der Waals surface area contributed by atoms with Gasteiger partial charge < -0.3 is 9.52 Å². The third kappa shape index (κ3) is 3.12. The lowest BCUT2D eigenvalue weighted by atomic mass is 9.98. The van der Waals surface area contributed by atoms with E-state index in [1.807, 2.05) is 44.0 Å². The van der Waals surface area contributed by atoms with Crippen molar-refractivity contribution in [1.29, 1.82) is 0 Å². The Bertz CT molecular complexity index is 589. The number of oxazole rings is 1. The highest BCUT2D eigenvalue weighted by Gasteiger charge is 2.26. The fourth-order valence-corrected chi connectivity index (χ4v) is 1.99. The van der Waals surface area contributed by atoms with E-state index < -0.39 is 11.5 Å². The van der Waals surface area contributed by atoms with Crippen LogP contribution >= 0.6 is 0 Å². The van der Waals surface area contributed by atoms with Gasteiger partial charge in [-0.1, -0.05) is 6.07 Å². The minimum Gasteiger partial charge on any atom is -0.481 e. The van der Waals surface area contributed by atoms with Crippen LogP contribution in [0.4, 0.5) is 0 Å². The summed E-state index contributed by atoms with van der Waals surface area (Å²) in [6.07, 6.45) is 1.53. The van der Waals surface area contributed by atoms with Gasteiger partial charge in [0.05, 0.1) is 6.42 Å². The second kappa shape index (κ2) is 5.01. The summed E-state index contributed by atoms with van der Waals surface area (Å²) in [4.78, 5) is 17.0. The van der Waals surface area contributed by atoms with Gasteiger partial charge in [-0.2, -0.15) is 0 Å². The first kappa shape index (κ1) is 13.5. The molecule has 0 unspecified atom stereocenters. The van der Waals surface area contributed by atoms with Crippen molar-refractivity contribution in [3.8, 4) is 0 Å². The number of carboxylic acid groups (broad SMARTS) is 1. The molecule has 0 aliphatic heterocycles. The molecule has 0 atom stereocenters. The average molecular weight is 262 g/mol. The summed E-state index contributed by atoms with van der Waals surface area (Å²) in [5.41, 5.74) is 2.26. The third-order valence-corrected chi connectivity index (χ3v) is 3.43. The number of nitrogens with zero attached hydrogens (tertiary/aromatic N) is 2. The maximum atomic E-state index is 10.9. The Hall–Kier alpha value is -1.88. The molecule has 2 rings (SSSR count). The number of carbonyl (C=O) groups is 1. The van der Waals surface area contributed by atoms with Crippen LogP contribution in [-0.4, -0.2) is 33.5 Å². The fourth-order valence-electron chi connectivity index (χ4n) is 1.99. The highest BCUT2D eigenvalue weighted by molar-refractivity contribution is 5.72. The van der Waals surface area contributed by atoms with E-state index in [2.05, 4.69) is 4.98 Å². The van der Waals surface area contributed by atoms with E-state index in [0.29, 0.717) is 6.54 Å². The fraction of sp³-hybridized carbons (Fsp3) is 0.429. The summed E-state index contributed by atoms with van der Waals surface area (Å²) in [5, 5.41) is 8.93. The second-order valence-electron chi connectivity index (χ2n) is 5.39. The molecular weight excluding hydrogens is 244 g/mol. The third-order valence-electron chi connectivity index (χ3n) is 3.43. The van der Waals surface area contributed by atoms with Crippen molar-refractivity contribution in [3.63, 3.8) is 0 Å². The maximum absolute atomic E-state index is 10.9. The number of aromatic nitrogens is 1. The molecule has 0 radical (unpaired) electrons. The molecule has 1 aromatic heterocycles. The first-order valence-corrected chi connectivity index (χ1v) is 6.14. The van der Waals surface area contributed by atoms with E-state index in [4.69, 9.17) is 9.52 Å². The number of fused-ring (bicyclic) bond motifs is 1. The van der Waals surface area contributed by atoms with Crippen molar-refractivity contribution in [2.45, 2.75) is 32.4 Å². The summed E-state index contributed by atoms with van der Waals surface area (Å²) < 4.78 is 5.27. The Labute approximate surface area is 111 Å². The van der Waals surface area contributed by atoms with E-state index in [-0.39, 0.29) is 6.42 Å². The highest BCUT2D eigenvalue weighted by atomic mass is 16.4. The SMILES string of the molecule is CN(Cc1ccc2ncoc2c1)C(C)(C)CC(=O)O. The van der Waals surface area contributed by atoms with Crippen LogP contribution in [0.3, 0.4) is 0 Å². The molecule has 0 saturated heterocycles. The summed E-state index contributed by atoms with van der Waals surface area (Å²) in [7, 11) is 1.92. The van der Waals surface area contributed by atoms with E-state index in [9.17, 15) is 4.79 Å². The van der Waals surface area contributed by atoms with E-state index >= 15 is 0 Å². The van der Waals surface area contributed by atoms with Gasteiger partial charge in [0.25, 0.3) is 0 Å². The van der Waals surface area contributed by atoms with Gasteiger partial charge in [0, 0.05) is 12.1 Å². The Morgan fingerprint density at radius 2 is 2.21 bits per heavy atom. The van der Waals surface area contributed by atoms with Crippen LogP contribution in [0.25, 0.3) is 11.1 Å². The molecule has 19 heavy (non-hydrogen) atoms. The zero-order chi connectivity index (χ0) is 14.0. The zero-order valence-electron chi connectivity index (χ0n) is 11.4. The van der Waals surface area contributed by atoms with Crippen LogP contribution in [0.5, 0.6) is 0 Å². The molecule has 5 heteroatoms. The van der Waals surface area contributed by atoms with E-state index in [1.165, 1.54) is 6.39 Å². The van der Waals surface area contributed by atoms with Gasteiger partial charge >= 0.3 is 5.97 Å². The molecule has 0 spiro atoms. The minimum atomic E-state index is -0.789. The number of benzene rings is 1. The molecule has 2 aromatic rings. The molecule has 1 aromatic carbocycles. The van der Waals surface area contributed by atoms with Gasteiger partial charge in [0.1, 0.15) is 5.52 Å². The summed E-state index contributed by atoms with van der Waals surface area (Å²) in [5.74, 6) is -0.789. The van der Waals surface area contributed by atoms with Crippen molar-refractivity contribution < 1.29 is 14.3 Å². The van der Waals surface area contributed by atoms with Crippen LogP contribution < -0.4 is 0 Å². The molecule has 0 bridgehead atoms. The van der Waals surface area contributed by atoms with E-state index in [1.54, 1.807) is 0 Å². The molecule has 0 aliphatic carbocycles. The maximum Gasteiger partial charge on any atom is 0.305 e. The monoisotopic (exact) mass is 262 g/mol. The van der Waals surface area contributed by atoms with Crippen molar-refractivity contribution in [2.75, 3.05) is 7.05 Å². The van der Waals surface area contributed by atoms with Crippen LogP contribution in [0.2, 0.25) is 0 Å². The number of aliphatic carboxylic acids is 1. The second-order valence-corrected chi connectivity index (χ2v) is 5.39.